The Morgan fingerprint density at radius 3 is 2.75 bits per heavy atom. The first-order valence-corrected chi connectivity index (χ1v) is 8.44. The highest BCUT2D eigenvalue weighted by molar-refractivity contribution is 5.56. The van der Waals surface area contributed by atoms with E-state index in [9.17, 15) is 0 Å². The zero-order chi connectivity index (χ0) is 16.1. The minimum Gasteiger partial charge on any atom is -0.497 e. The molecule has 5 nitrogen and oxygen atoms in total. The van der Waals surface area contributed by atoms with Gasteiger partial charge in [-0.25, -0.2) is 4.98 Å². The second-order valence-electron chi connectivity index (χ2n) is 6.27. The number of nitrogens with zero attached hydrogens (tertiary/aromatic N) is 1. The maximum atomic E-state index is 5.89. The van der Waals surface area contributed by atoms with Crippen molar-refractivity contribution in [3.05, 3.63) is 35.7 Å². The molecule has 1 saturated carbocycles. The van der Waals surface area contributed by atoms with Crippen LogP contribution in [0.2, 0.25) is 0 Å². The molecule has 1 heterocycles. The molecule has 1 fully saturated rings. The van der Waals surface area contributed by atoms with Crippen molar-refractivity contribution in [2.24, 2.45) is 5.92 Å². The van der Waals surface area contributed by atoms with Gasteiger partial charge in [0, 0.05) is 12.2 Å². The molecule has 0 spiro atoms. The van der Waals surface area contributed by atoms with E-state index < -0.39 is 0 Å². The fourth-order valence-electron chi connectivity index (χ4n) is 3.12. The van der Waals surface area contributed by atoms with Crippen LogP contribution in [0.25, 0.3) is 11.5 Å². The Kier molecular flexibility index (Phi) is 6.82. The molecule has 0 atom stereocenters. The van der Waals surface area contributed by atoms with Crippen molar-refractivity contribution in [2.75, 3.05) is 13.7 Å². The van der Waals surface area contributed by atoms with E-state index in [4.69, 9.17) is 13.9 Å². The summed E-state index contributed by atoms with van der Waals surface area (Å²) in [7, 11) is 1.66. The van der Waals surface area contributed by atoms with Gasteiger partial charge in [-0.05, 0) is 43.9 Å². The predicted molar refractivity (Wildman–Crippen MR) is 94.5 cm³/mol. The molecule has 132 valence electrons. The van der Waals surface area contributed by atoms with E-state index in [1.165, 1.54) is 32.1 Å². The number of aromatic nitrogens is 1. The number of ether oxygens (including phenoxy) is 2. The van der Waals surface area contributed by atoms with Crippen molar-refractivity contribution in [3.63, 3.8) is 0 Å². The summed E-state index contributed by atoms with van der Waals surface area (Å²) in [5, 5.41) is 0. The van der Waals surface area contributed by atoms with Crippen LogP contribution in [0.5, 0.6) is 5.75 Å². The molecule has 3 rings (SSSR count). The molecule has 0 radical (unpaired) electrons. The molecule has 5 heteroatoms. The van der Waals surface area contributed by atoms with Gasteiger partial charge in [0.05, 0.1) is 13.7 Å². The van der Waals surface area contributed by atoms with Gasteiger partial charge in [-0.15, -0.1) is 0 Å². The molecule has 1 aliphatic rings. The van der Waals surface area contributed by atoms with Crippen LogP contribution >= 0.6 is 0 Å². The average Bonchev–Trinajstić information content (AvgIpc) is 2.97. The van der Waals surface area contributed by atoms with Gasteiger partial charge in [0.1, 0.15) is 17.2 Å². The molecule has 0 saturated heterocycles. The van der Waals surface area contributed by atoms with Crippen molar-refractivity contribution >= 4 is 0 Å². The van der Waals surface area contributed by atoms with Crippen molar-refractivity contribution in [2.45, 2.75) is 45.6 Å². The molecule has 3 N–H and O–H groups in total. The fourth-order valence-corrected chi connectivity index (χ4v) is 3.12. The number of aryl methyl sites for hydroxylation is 1. The lowest BCUT2D eigenvalue weighted by Gasteiger charge is -2.20. The van der Waals surface area contributed by atoms with Crippen molar-refractivity contribution in [1.29, 1.82) is 0 Å². The molecule has 1 aromatic heterocycles. The Bertz CT molecular complexity index is 633. The highest BCUT2D eigenvalue weighted by Crippen LogP contribution is 2.26. The molecular formula is C19H28N2O3. The van der Waals surface area contributed by atoms with E-state index in [2.05, 4.69) is 4.98 Å². The van der Waals surface area contributed by atoms with E-state index >= 15 is 0 Å². The number of rotatable bonds is 6. The summed E-state index contributed by atoms with van der Waals surface area (Å²) in [6, 6.07) is 7.75. The maximum Gasteiger partial charge on any atom is 0.226 e. The van der Waals surface area contributed by atoms with Gasteiger partial charge in [-0.2, -0.15) is 0 Å². The van der Waals surface area contributed by atoms with Gasteiger partial charge in [-0.3, -0.25) is 0 Å². The standard InChI is InChI=1S/C19H25NO3.H3N/c1-14-18(13-22-12-15-7-4-3-5-8-15)20-19(23-14)16-9-6-10-17(11-16)21-2;/h6,9-11,15H,3-5,7-8,12-13H2,1-2H3;1H3. The second kappa shape index (κ2) is 8.85. The number of benzene rings is 1. The SMILES string of the molecule is COc1cccc(-c2nc(COCC3CCCCC3)c(C)o2)c1.N. The third kappa shape index (κ3) is 4.58. The first-order chi connectivity index (χ1) is 11.3. The first kappa shape index (κ1) is 18.5. The van der Waals surface area contributed by atoms with Crippen LogP contribution in [0.1, 0.15) is 43.6 Å². The van der Waals surface area contributed by atoms with Crippen LogP contribution in [0.3, 0.4) is 0 Å². The highest BCUT2D eigenvalue weighted by atomic mass is 16.5. The monoisotopic (exact) mass is 332 g/mol. The molecule has 0 bridgehead atoms. The summed E-state index contributed by atoms with van der Waals surface area (Å²) in [6.07, 6.45) is 6.66. The maximum absolute atomic E-state index is 5.89. The average molecular weight is 332 g/mol. The Morgan fingerprint density at radius 2 is 2.00 bits per heavy atom. The lowest BCUT2D eigenvalue weighted by molar-refractivity contribution is 0.0716. The number of methoxy groups -OCH3 is 1. The molecule has 2 aromatic rings. The molecular weight excluding hydrogens is 304 g/mol. The lowest BCUT2D eigenvalue weighted by atomic mass is 9.90. The largest absolute Gasteiger partial charge is 0.497 e. The van der Waals surface area contributed by atoms with Gasteiger partial charge in [0.2, 0.25) is 5.89 Å². The van der Waals surface area contributed by atoms with E-state index in [1.54, 1.807) is 7.11 Å². The normalized spacial score (nSPS) is 15.1. The van der Waals surface area contributed by atoms with Gasteiger partial charge >= 0.3 is 0 Å². The Hall–Kier alpha value is -1.85. The Labute approximate surface area is 144 Å². The van der Waals surface area contributed by atoms with Crippen LogP contribution in [-0.2, 0) is 11.3 Å². The lowest BCUT2D eigenvalue weighted by Crippen LogP contribution is -2.13. The highest BCUT2D eigenvalue weighted by Gasteiger charge is 2.15. The number of hydrogen-bond acceptors (Lipinski definition) is 5. The summed E-state index contributed by atoms with van der Waals surface area (Å²) in [5.74, 6) is 2.96. The van der Waals surface area contributed by atoms with E-state index in [0.717, 1.165) is 29.4 Å². The third-order valence-electron chi connectivity index (χ3n) is 4.53. The summed E-state index contributed by atoms with van der Waals surface area (Å²) in [6.45, 7) is 3.30. The second-order valence-corrected chi connectivity index (χ2v) is 6.27. The van der Waals surface area contributed by atoms with E-state index in [-0.39, 0.29) is 6.15 Å². The zero-order valence-electron chi connectivity index (χ0n) is 14.7. The fraction of sp³-hybridized carbons (Fsp3) is 0.526. The van der Waals surface area contributed by atoms with E-state index in [0.29, 0.717) is 18.4 Å². The molecule has 0 aliphatic heterocycles. The van der Waals surface area contributed by atoms with Crippen LogP contribution in [0, 0.1) is 12.8 Å². The smallest absolute Gasteiger partial charge is 0.226 e. The quantitative estimate of drug-likeness (QED) is 0.812. The zero-order valence-corrected chi connectivity index (χ0v) is 14.7. The number of oxazole rings is 1. The molecule has 0 amide bonds. The number of hydrogen-bond donors (Lipinski definition) is 1. The van der Waals surface area contributed by atoms with Crippen molar-refractivity contribution in [1.82, 2.24) is 11.1 Å². The van der Waals surface area contributed by atoms with Gasteiger partial charge < -0.3 is 20.0 Å². The van der Waals surface area contributed by atoms with Crippen molar-refractivity contribution in [3.8, 4) is 17.2 Å². The van der Waals surface area contributed by atoms with Crippen molar-refractivity contribution < 1.29 is 13.9 Å². The minimum atomic E-state index is 0. The first-order valence-electron chi connectivity index (χ1n) is 8.44. The topological polar surface area (TPSA) is 79.5 Å². The van der Waals surface area contributed by atoms with Gasteiger partial charge in [0.25, 0.3) is 0 Å². The molecule has 24 heavy (non-hydrogen) atoms. The van der Waals surface area contributed by atoms with Gasteiger partial charge in [-0.1, -0.05) is 25.3 Å². The summed E-state index contributed by atoms with van der Waals surface area (Å²) in [4.78, 5) is 4.59. The summed E-state index contributed by atoms with van der Waals surface area (Å²) < 4.78 is 16.9. The molecule has 1 aromatic carbocycles. The Balaban J connectivity index is 0.00000208. The van der Waals surface area contributed by atoms with E-state index in [1.807, 2.05) is 31.2 Å². The molecule has 1 aliphatic carbocycles. The van der Waals surface area contributed by atoms with Crippen LogP contribution in [0.4, 0.5) is 0 Å². The van der Waals surface area contributed by atoms with Crippen LogP contribution in [-0.4, -0.2) is 18.7 Å². The molecule has 0 unspecified atom stereocenters. The summed E-state index contributed by atoms with van der Waals surface area (Å²) in [5.41, 5.74) is 1.81. The Morgan fingerprint density at radius 1 is 1.21 bits per heavy atom. The van der Waals surface area contributed by atoms with Crippen LogP contribution in [0.15, 0.2) is 28.7 Å². The predicted octanol–water partition coefficient (Wildman–Crippen LogP) is 4.92. The van der Waals surface area contributed by atoms with Crippen LogP contribution < -0.4 is 10.9 Å². The summed E-state index contributed by atoms with van der Waals surface area (Å²) >= 11 is 0. The van der Waals surface area contributed by atoms with Gasteiger partial charge in [0.15, 0.2) is 0 Å². The minimum absolute atomic E-state index is 0. The third-order valence-corrected chi connectivity index (χ3v) is 4.53.